The molecule has 2 aromatic rings. The summed E-state index contributed by atoms with van der Waals surface area (Å²) in [4.78, 5) is 41.8. The van der Waals surface area contributed by atoms with Crippen LogP contribution < -0.4 is 14.8 Å². The van der Waals surface area contributed by atoms with Crippen LogP contribution in [0.25, 0.3) is 0 Å². The number of nitrogens with zero attached hydrogens (tertiary/aromatic N) is 1. The third-order valence-corrected chi connectivity index (χ3v) is 5.64. The summed E-state index contributed by atoms with van der Waals surface area (Å²) in [6.45, 7) is 9.30. The van der Waals surface area contributed by atoms with Crippen molar-refractivity contribution < 1.29 is 28.6 Å². The molecule has 1 heterocycles. The predicted octanol–water partition coefficient (Wildman–Crippen LogP) is 4.35. The van der Waals surface area contributed by atoms with Crippen molar-refractivity contribution >= 4 is 17.8 Å². The van der Waals surface area contributed by atoms with Crippen LogP contribution in [0, 0.1) is 6.92 Å². The summed E-state index contributed by atoms with van der Waals surface area (Å²) in [6, 6.07) is 8.47. The van der Waals surface area contributed by atoms with Gasteiger partial charge in [0.15, 0.2) is 11.4 Å². The van der Waals surface area contributed by atoms with Crippen LogP contribution in [0.15, 0.2) is 36.5 Å². The van der Waals surface area contributed by atoms with Crippen molar-refractivity contribution in [2.45, 2.75) is 71.9 Å². The molecule has 184 valence electrons. The zero-order valence-electron chi connectivity index (χ0n) is 20.7. The number of carbonyl (C=O) groups is 3. The molecule has 0 aliphatic carbocycles. The van der Waals surface area contributed by atoms with E-state index in [2.05, 4.69) is 10.3 Å². The number of ether oxygens (including phenoxy) is 3. The molecule has 2 rings (SSSR count). The van der Waals surface area contributed by atoms with Crippen LogP contribution in [-0.2, 0) is 14.3 Å². The Morgan fingerprint density at radius 1 is 1.09 bits per heavy atom. The maximum absolute atomic E-state index is 12.9. The van der Waals surface area contributed by atoms with Crippen LogP contribution in [0.1, 0.15) is 74.5 Å². The topological polar surface area (TPSA) is 104 Å². The lowest BCUT2D eigenvalue weighted by molar-refractivity contribution is -0.151. The van der Waals surface area contributed by atoms with Crippen LogP contribution >= 0.6 is 0 Å². The third kappa shape index (κ3) is 7.04. The summed E-state index contributed by atoms with van der Waals surface area (Å²) in [5.74, 6) is -1.66. The van der Waals surface area contributed by atoms with E-state index in [1.807, 2.05) is 52.0 Å². The highest BCUT2D eigenvalue weighted by atomic mass is 16.6. The maximum Gasteiger partial charge on any atom is 0.328 e. The van der Waals surface area contributed by atoms with Gasteiger partial charge in [0, 0.05) is 24.6 Å². The molecule has 0 fully saturated rings. The highest BCUT2D eigenvalue weighted by molar-refractivity contribution is 5.98. The van der Waals surface area contributed by atoms with E-state index in [1.54, 1.807) is 0 Å². The number of nitrogens with one attached hydrogen (secondary N) is 1. The Kier molecular flexibility index (Phi) is 10.0. The molecule has 0 aliphatic heterocycles. The van der Waals surface area contributed by atoms with Gasteiger partial charge < -0.3 is 19.5 Å². The molecule has 0 unspecified atom stereocenters. The minimum absolute atomic E-state index is 0.0257. The van der Waals surface area contributed by atoms with E-state index in [0.717, 1.165) is 17.5 Å². The fourth-order valence-corrected chi connectivity index (χ4v) is 3.40. The molecule has 1 aromatic heterocycles. The number of amides is 1. The van der Waals surface area contributed by atoms with Crippen molar-refractivity contribution in [1.29, 1.82) is 0 Å². The highest BCUT2D eigenvalue weighted by Crippen LogP contribution is 2.30. The van der Waals surface area contributed by atoms with Gasteiger partial charge >= 0.3 is 11.9 Å². The standard InChI is InChI=1S/C26H34N2O6/c1-7-8-13-22(29)34-24-21(32-6)14-15-27-23(24)25(30)28-18(4)26(31)33-19(5)17(3)20-12-10-9-11-16(20)2/h9-12,14-15,17-19H,7-8,13H2,1-6H3,(H,28,30)/t17-,18+,19+/m1/s1. The molecule has 0 spiro atoms. The second-order valence-electron chi connectivity index (χ2n) is 8.25. The zero-order chi connectivity index (χ0) is 25.3. The molecule has 1 aromatic carbocycles. The number of benzene rings is 1. The summed E-state index contributed by atoms with van der Waals surface area (Å²) in [5.41, 5.74) is 2.06. The van der Waals surface area contributed by atoms with Crippen molar-refractivity contribution in [2.75, 3.05) is 7.11 Å². The van der Waals surface area contributed by atoms with Crippen molar-refractivity contribution in [3.05, 3.63) is 53.3 Å². The van der Waals surface area contributed by atoms with E-state index in [4.69, 9.17) is 14.2 Å². The number of hydrogen-bond donors (Lipinski definition) is 1. The number of methoxy groups -OCH3 is 1. The number of hydrogen-bond acceptors (Lipinski definition) is 7. The number of carbonyl (C=O) groups excluding carboxylic acids is 3. The minimum atomic E-state index is -0.948. The summed E-state index contributed by atoms with van der Waals surface area (Å²) >= 11 is 0. The quantitative estimate of drug-likeness (QED) is 0.487. The van der Waals surface area contributed by atoms with Crippen molar-refractivity contribution in [1.82, 2.24) is 10.3 Å². The lowest BCUT2D eigenvalue weighted by atomic mass is 9.92. The average Bonchev–Trinajstić information content (AvgIpc) is 2.82. The Labute approximate surface area is 201 Å². The van der Waals surface area contributed by atoms with Gasteiger partial charge in [0.1, 0.15) is 12.1 Å². The van der Waals surface area contributed by atoms with Gasteiger partial charge in [0.25, 0.3) is 5.91 Å². The Bertz CT molecular complexity index is 1010. The molecule has 0 aliphatic rings. The first kappa shape index (κ1) is 26.8. The largest absolute Gasteiger partial charge is 0.493 e. The number of pyridine rings is 1. The van der Waals surface area contributed by atoms with Gasteiger partial charge in [0.2, 0.25) is 5.75 Å². The van der Waals surface area contributed by atoms with Crippen LogP contribution in [0.4, 0.5) is 0 Å². The number of esters is 2. The van der Waals surface area contributed by atoms with Gasteiger partial charge in [-0.2, -0.15) is 0 Å². The lowest BCUT2D eigenvalue weighted by Gasteiger charge is -2.24. The van der Waals surface area contributed by atoms with E-state index in [0.29, 0.717) is 6.42 Å². The van der Waals surface area contributed by atoms with Crippen LogP contribution in [0.3, 0.4) is 0 Å². The number of rotatable bonds is 11. The van der Waals surface area contributed by atoms with E-state index in [1.165, 1.54) is 26.3 Å². The summed E-state index contributed by atoms with van der Waals surface area (Å²) in [7, 11) is 1.40. The lowest BCUT2D eigenvalue weighted by Crippen LogP contribution is -2.41. The molecule has 0 saturated carbocycles. The van der Waals surface area contributed by atoms with Crippen LogP contribution in [0.2, 0.25) is 0 Å². The Morgan fingerprint density at radius 2 is 1.79 bits per heavy atom. The first-order chi connectivity index (χ1) is 16.2. The molecule has 1 N–H and O–H groups in total. The van der Waals surface area contributed by atoms with Crippen LogP contribution in [-0.4, -0.2) is 42.1 Å². The number of unbranched alkanes of at least 4 members (excludes halogenated alkanes) is 1. The van der Waals surface area contributed by atoms with Crippen LogP contribution in [0.5, 0.6) is 11.5 Å². The second kappa shape index (κ2) is 12.7. The van der Waals surface area contributed by atoms with Gasteiger partial charge in [0.05, 0.1) is 7.11 Å². The molecule has 1 amide bonds. The molecular formula is C26H34N2O6. The second-order valence-corrected chi connectivity index (χ2v) is 8.25. The maximum atomic E-state index is 12.9. The monoisotopic (exact) mass is 470 g/mol. The zero-order valence-corrected chi connectivity index (χ0v) is 20.7. The number of aryl methyl sites for hydroxylation is 1. The smallest absolute Gasteiger partial charge is 0.328 e. The molecule has 34 heavy (non-hydrogen) atoms. The Morgan fingerprint density at radius 3 is 2.44 bits per heavy atom. The van der Waals surface area contributed by atoms with Gasteiger partial charge in [-0.3, -0.25) is 9.59 Å². The highest BCUT2D eigenvalue weighted by Gasteiger charge is 2.27. The van der Waals surface area contributed by atoms with Gasteiger partial charge in [-0.05, 0) is 38.3 Å². The van der Waals surface area contributed by atoms with Crippen molar-refractivity contribution in [3.8, 4) is 11.5 Å². The third-order valence-electron chi connectivity index (χ3n) is 5.64. The Hall–Kier alpha value is -3.42. The fraction of sp³-hybridized carbons (Fsp3) is 0.462. The molecule has 0 bridgehead atoms. The van der Waals surface area contributed by atoms with E-state index in [9.17, 15) is 14.4 Å². The first-order valence-electron chi connectivity index (χ1n) is 11.5. The number of aromatic nitrogens is 1. The molecule has 0 saturated heterocycles. The van der Waals surface area contributed by atoms with Crippen molar-refractivity contribution in [3.63, 3.8) is 0 Å². The summed E-state index contributed by atoms with van der Waals surface area (Å²) < 4.78 is 16.2. The SMILES string of the molecule is CCCCC(=O)Oc1c(OC)ccnc1C(=O)N[C@@H](C)C(=O)O[C@@H](C)[C@@H](C)c1ccccc1C. The van der Waals surface area contributed by atoms with Gasteiger partial charge in [-0.25, -0.2) is 9.78 Å². The summed E-state index contributed by atoms with van der Waals surface area (Å²) in [5, 5.41) is 2.58. The average molecular weight is 471 g/mol. The molecular weight excluding hydrogens is 436 g/mol. The van der Waals surface area contributed by atoms with E-state index < -0.39 is 30.0 Å². The normalized spacial score (nSPS) is 13.4. The first-order valence-corrected chi connectivity index (χ1v) is 11.5. The molecule has 8 nitrogen and oxygen atoms in total. The summed E-state index contributed by atoms with van der Waals surface area (Å²) in [6.07, 6.45) is 2.65. The predicted molar refractivity (Wildman–Crippen MR) is 128 cm³/mol. The van der Waals surface area contributed by atoms with Gasteiger partial charge in [-0.1, -0.05) is 44.5 Å². The minimum Gasteiger partial charge on any atom is -0.493 e. The fourth-order valence-electron chi connectivity index (χ4n) is 3.40. The van der Waals surface area contributed by atoms with E-state index in [-0.39, 0.29) is 29.5 Å². The molecule has 8 heteroatoms. The Balaban J connectivity index is 2.09. The van der Waals surface area contributed by atoms with Gasteiger partial charge in [-0.15, -0.1) is 0 Å². The van der Waals surface area contributed by atoms with Crippen molar-refractivity contribution in [2.24, 2.45) is 0 Å². The molecule has 3 atom stereocenters. The molecule has 0 radical (unpaired) electrons. The van der Waals surface area contributed by atoms with E-state index >= 15 is 0 Å².